The van der Waals surface area contributed by atoms with Crippen molar-refractivity contribution in [2.45, 2.75) is 13.1 Å². The maximum atomic E-state index is 13.6. The molecule has 0 radical (unpaired) electrons. The van der Waals surface area contributed by atoms with Crippen molar-refractivity contribution in [3.63, 3.8) is 0 Å². The molecule has 4 nitrogen and oxygen atoms in total. The van der Waals surface area contributed by atoms with Gasteiger partial charge in [-0.3, -0.25) is 9.78 Å². The fourth-order valence-corrected chi connectivity index (χ4v) is 1.92. The van der Waals surface area contributed by atoms with Gasteiger partial charge < -0.3 is 10.6 Å². The molecule has 0 saturated carbocycles. The molecule has 2 aromatic rings. The Labute approximate surface area is 121 Å². The van der Waals surface area contributed by atoms with Crippen LogP contribution in [0, 0.1) is 11.6 Å². The molecule has 2 rings (SSSR count). The van der Waals surface area contributed by atoms with E-state index in [9.17, 15) is 13.6 Å². The first-order valence-electron chi connectivity index (χ1n) is 6.35. The largest absolute Gasteiger partial charge is 0.337 e. The van der Waals surface area contributed by atoms with E-state index in [-0.39, 0.29) is 24.6 Å². The highest BCUT2D eigenvalue weighted by Gasteiger charge is 2.14. The number of nitrogens with zero attached hydrogens (tertiary/aromatic N) is 2. The van der Waals surface area contributed by atoms with Crippen molar-refractivity contribution in [3.05, 3.63) is 65.0 Å². The third kappa shape index (κ3) is 3.61. The van der Waals surface area contributed by atoms with Gasteiger partial charge in [0.2, 0.25) is 0 Å². The third-order valence-corrected chi connectivity index (χ3v) is 3.04. The number of pyridine rings is 1. The molecule has 1 aromatic carbocycles. The lowest BCUT2D eigenvalue weighted by atomic mass is 10.1. The minimum Gasteiger partial charge on any atom is -0.337 e. The van der Waals surface area contributed by atoms with E-state index < -0.39 is 11.6 Å². The van der Waals surface area contributed by atoms with Gasteiger partial charge in [-0.1, -0.05) is 6.07 Å². The lowest BCUT2D eigenvalue weighted by Crippen LogP contribution is -2.27. The minimum atomic E-state index is -0.674. The van der Waals surface area contributed by atoms with Gasteiger partial charge in [-0.05, 0) is 18.2 Å². The van der Waals surface area contributed by atoms with E-state index in [0.29, 0.717) is 11.3 Å². The van der Waals surface area contributed by atoms with E-state index in [1.807, 2.05) is 0 Å². The van der Waals surface area contributed by atoms with E-state index >= 15 is 0 Å². The molecule has 6 heteroatoms. The van der Waals surface area contributed by atoms with E-state index in [4.69, 9.17) is 5.73 Å². The Hall–Kier alpha value is -2.34. The molecular formula is C15H15F2N3O. The molecule has 2 N–H and O–H groups in total. The van der Waals surface area contributed by atoms with Gasteiger partial charge in [-0.2, -0.15) is 0 Å². The second-order valence-corrected chi connectivity index (χ2v) is 4.64. The van der Waals surface area contributed by atoms with Crippen LogP contribution in [0.1, 0.15) is 21.6 Å². The van der Waals surface area contributed by atoms with Gasteiger partial charge in [0.05, 0.1) is 5.69 Å². The quantitative estimate of drug-likeness (QED) is 0.938. The molecule has 0 unspecified atom stereocenters. The summed E-state index contributed by atoms with van der Waals surface area (Å²) in [7, 11) is 1.55. The summed E-state index contributed by atoms with van der Waals surface area (Å²) in [5.41, 5.74) is 6.76. The number of hydrogen-bond acceptors (Lipinski definition) is 3. The lowest BCUT2D eigenvalue weighted by Gasteiger charge is -2.18. The van der Waals surface area contributed by atoms with Crippen molar-refractivity contribution >= 4 is 5.91 Å². The van der Waals surface area contributed by atoms with Gasteiger partial charge in [-0.15, -0.1) is 0 Å². The van der Waals surface area contributed by atoms with E-state index in [1.165, 1.54) is 17.2 Å². The minimum absolute atomic E-state index is 0.0469. The maximum Gasteiger partial charge on any atom is 0.254 e. The Morgan fingerprint density at radius 3 is 2.71 bits per heavy atom. The van der Waals surface area contributed by atoms with Crippen LogP contribution in [0.2, 0.25) is 0 Å². The molecule has 1 aromatic heterocycles. The van der Waals surface area contributed by atoms with Crippen molar-refractivity contribution in [1.82, 2.24) is 9.88 Å². The second kappa shape index (κ2) is 6.41. The smallest absolute Gasteiger partial charge is 0.254 e. The van der Waals surface area contributed by atoms with Crippen LogP contribution in [0.3, 0.4) is 0 Å². The second-order valence-electron chi connectivity index (χ2n) is 4.64. The standard InChI is InChI=1S/C15H15F2N3O/c1-20(9-11-2-3-12(16)7-14(11)17)15(21)10-4-5-19-13(6-10)8-18/h2-7H,8-9,18H2,1H3. The van der Waals surface area contributed by atoms with Crippen LogP contribution in [0.4, 0.5) is 8.78 Å². The van der Waals surface area contributed by atoms with Gasteiger partial charge in [0, 0.05) is 43.5 Å². The zero-order valence-electron chi connectivity index (χ0n) is 11.5. The SMILES string of the molecule is CN(Cc1ccc(F)cc1F)C(=O)c1ccnc(CN)c1. The highest BCUT2D eigenvalue weighted by Crippen LogP contribution is 2.13. The van der Waals surface area contributed by atoms with Crippen LogP contribution in [0.25, 0.3) is 0 Å². The summed E-state index contributed by atoms with van der Waals surface area (Å²) >= 11 is 0. The number of halogens is 2. The number of hydrogen-bond donors (Lipinski definition) is 1. The number of benzene rings is 1. The number of nitrogens with two attached hydrogens (primary N) is 1. The zero-order chi connectivity index (χ0) is 15.4. The van der Waals surface area contributed by atoms with Crippen molar-refractivity contribution in [3.8, 4) is 0 Å². The van der Waals surface area contributed by atoms with Crippen LogP contribution in [-0.2, 0) is 13.1 Å². The number of carbonyl (C=O) groups is 1. The van der Waals surface area contributed by atoms with E-state index in [1.54, 1.807) is 19.2 Å². The highest BCUT2D eigenvalue weighted by atomic mass is 19.1. The molecular weight excluding hydrogens is 276 g/mol. The fraction of sp³-hybridized carbons (Fsp3) is 0.200. The predicted molar refractivity (Wildman–Crippen MR) is 74.3 cm³/mol. The summed E-state index contributed by atoms with van der Waals surface area (Å²) in [5, 5.41) is 0. The Kier molecular flexibility index (Phi) is 4.59. The number of carbonyl (C=O) groups excluding carboxylic acids is 1. The molecule has 0 aliphatic heterocycles. The first-order valence-corrected chi connectivity index (χ1v) is 6.35. The van der Waals surface area contributed by atoms with Crippen LogP contribution in [0.5, 0.6) is 0 Å². The molecule has 1 amide bonds. The van der Waals surface area contributed by atoms with Crippen molar-refractivity contribution in [2.75, 3.05) is 7.05 Å². The van der Waals surface area contributed by atoms with Crippen LogP contribution < -0.4 is 5.73 Å². The monoisotopic (exact) mass is 291 g/mol. The lowest BCUT2D eigenvalue weighted by molar-refractivity contribution is 0.0783. The molecule has 0 aliphatic carbocycles. The molecule has 1 heterocycles. The van der Waals surface area contributed by atoms with Gasteiger partial charge in [0.15, 0.2) is 0 Å². The Bertz CT molecular complexity index is 661. The molecule has 110 valence electrons. The summed E-state index contributed by atoms with van der Waals surface area (Å²) in [6.45, 7) is 0.280. The van der Waals surface area contributed by atoms with Crippen molar-refractivity contribution in [1.29, 1.82) is 0 Å². The fourth-order valence-electron chi connectivity index (χ4n) is 1.92. The predicted octanol–water partition coefficient (Wildman–Crippen LogP) is 2.09. The van der Waals surface area contributed by atoms with Crippen molar-refractivity contribution in [2.24, 2.45) is 5.73 Å². The summed E-state index contributed by atoms with van der Waals surface area (Å²) < 4.78 is 26.4. The molecule has 0 atom stereocenters. The summed E-state index contributed by atoms with van der Waals surface area (Å²) in [5.74, 6) is -1.60. The van der Waals surface area contributed by atoms with E-state index in [0.717, 1.165) is 12.1 Å². The number of aromatic nitrogens is 1. The van der Waals surface area contributed by atoms with Crippen molar-refractivity contribution < 1.29 is 13.6 Å². The molecule has 0 saturated heterocycles. The number of amides is 1. The first kappa shape index (κ1) is 15.1. The Morgan fingerprint density at radius 1 is 1.29 bits per heavy atom. The Balaban J connectivity index is 2.15. The Morgan fingerprint density at radius 2 is 2.05 bits per heavy atom. The average Bonchev–Trinajstić information content (AvgIpc) is 2.49. The maximum absolute atomic E-state index is 13.6. The van der Waals surface area contributed by atoms with Gasteiger partial charge in [0.25, 0.3) is 5.91 Å². The van der Waals surface area contributed by atoms with Crippen LogP contribution >= 0.6 is 0 Å². The average molecular weight is 291 g/mol. The molecule has 0 fully saturated rings. The number of rotatable bonds is 4. The summed E-state index contributed by atoms with van der Waals surface area (Å²) in [6, 6.07) is 6.45. The van der Waals surface area contributed by atoms with Gasteiger partial charge in [0.1, 0.15) is 11.6 Å². The zero-order valence-corrected chi connectivity index (χ0v) is 11.5. The van der Waals surface area contributed by atoms with Gasteiger partial charge >= 0.3 is 0 Å². The molecule has 0 aliphatic rings. The third-order valence-electron chi connectivity index (χ3n) is 3.04. The summed E-state index contributed by atoms with van der Waals surface area (Å²) in [6.07, 6.45) is 1.50. The van der Waals surface area contributed by atoms with E-state index in [2.05, 4.69) is 4.98 Å². The first-order chi connectivity index (χ1) is 10.0. The van der Waals surface area contributed by atoms with Gasteiger partial charge in [-0.25, -0.2) is 8.78 Å². The molecule has 0 spiro atoms. The summed E-state index contributed by atoms with van der Waals surface area (Å²) in [4.78, 5) is 17.6. The van der Waals surface area contributed by atoms with Crippen LogP contribution in [0.15, 0.2) is 36.5 Å². The topological polar surface area (TPSA) is 59.2 Å². The normalized spacial score (nSPS) is 10.5. The highest BCUT2D eigenvalue weighted by molar-refractivity contribution is 5.94. The van der Waals surface area contributed by atoms with Crippen LogP contribution in [-0.4, -0.2) is 22.8 Å². The molecule has 0 bridgehead atoms. The molecule has 21 heavy (non-hydrogen) atoms.